The van der Waals surface area contributed by atoms with Crippen molar-refractivity contribution in [1.29, 1.82) is 0 Å². The number of carbonyl (C=O) groups is 1. The molecule has 1 amide bonds. The lowest BCUT2D eigenvalue weighted by molar-refractivity contribution is 0.0989. The average molecular weight is 466 g/mol. The Morgan fingerprint density at radius 3 is 2.66 bits per heavy atom. The molecule has 1 aliphatic rings. The van der Waals surface area contributed by atoms with Crippen molar-refractivity contribution in [2.24, 2.45) is 0 Å². The number of aromatic nitrogens is 1. The number of rotatable bonds is 5. The lowest BCUT2D eigenvalue weighted by atomic mass is 10.1. The van der Waals surface area contributed by atoms with Crippen LogP contribution in [-0.4, -0.2) is 33.0 Å². The van der Waals surface area contributed by atoms with Crippen LogP contribution >= 0.6 is 11.3 Å². The highest BCUT2D eigenvalue weighted by Crippen LogP contribution is 2.32. The number of carbonyl (C=O) groups excluding carboxylic acids is 1. The first-order chi connectivity index (χ1) is 15.4. The number of methoxy groups -OCH3 is 1. The maximum absolute atomic E-state index is 13.1. The van der Waals surface area contributed by atoms with Crippen molar-refractivity contribution in [1.82, 2.24) is 4.98 Å². The number of sulfonamides is 1. The largest absolute Gasteiger partial charge is 0.497 e. The SMILES string of the molecule is COc1ccc(S(=O)(=O)Nc2nc3ccc(C(=O)N4CCc5ccccc54)cc3s2)cc1. The molecule has 162 valence electrons. The Kier molecular flexibility index (Phi) is 5.07. The number of ether oxygens (including phenoxy) is 1. The third kappa shape index (κ3) is 3.69. The fraction of sp³-hybridized carbons (Fsp3) is 0.130. The number of hydrogen-bond donors (Lipinski definition) is 1. The van der Waals surface area contributed by atoms with E-state index in [1.165, 1.54) is 30.6 Å². The predicted octanol–water partition coefficient (Wildman–Crippen LogP) is 4.31. The smallest absolute Gasteiger partial charge is 0.263 e. The lowest BCUT2D eigenvalue weighted by Gasteiger charge is -2.17. The summed E-state index contributed by atoms with van der Waals surface area (Å²) in [5.74, 6) is 0.493. The summed E-state index contributed by atoms with van der Waals surface area (Å²) in [5, 5.41) is 0.243. The van der Waals surface area contributed by atoms with Crippen molar-refractivity contribution < 1.29 is 17.9 Å². The number of nitrogens with one attached hydrogen (secondary N) is 1. The fourth-order valence-corrected chi connectivity index (χ4v) is 5.88. The first kappa shape index (κ1) is 20.5. The van der Waals surface area contributed by atoms with Gasteiger partial charge in [0.15, 0.2) is 5.13 Å². The topological polar surface area (TPSA) is 88.6 Å². The summed E-state index contributed by atoms with van der Waals surface area (Å²) < 4.78 is 33.7. The molecule has 0 fully saturated rings. The zero-order chi connectivity index (χ0) is 22.3. The minimum absolute atomic E-state index is 0.0781. The second-order valence-electron chi connectivity index (χ2n) is 7.32. The molecule has 0 unspecified atom stereocenters. The summed E-state index contributed by atoms with van der Waals surface area (Å²) in [4.78, 5) is 19.4. The molecule has 0 saturated carbocycles. The Morgan fingerprint density at radius 1 is 1.09 bits per heavy atom. The Labute approximate surface area is 189 Å². The summed E-state index contributed by atoms with van der Waals surface area (Å²) in [5.41, 5.74) is 3.27. The van der Waals surface area contributed by atoms with Crippen LogP contribution in [0.5, 0.6) is 5.75 Å². The second-order valence-corrected chi connectivity index (χ2v) is 10.0. The Morgan fingerprint density at radius 2 is 1.88 bits per heavy atom. The molecule has 7 nitrogen and oxygen atoms in total. The van der Waals surface area contributed by atoms with Gasteiger partial charge in [0.05, 0.1) is 22.2 Å². The average Bonchev–Trinajstić information content (AvgIpc) is 3.41. The van der Waals surface area contributed by atoms with Gasteiger partial charge in [-0.15, -0.1) is 0 Å². The number of benzene rings is 3. The van der Waals surface area contributed by atoms with Crippen molar-refractivity contribution in [3.05, 3.63) is 77.9 Å². The molecular weight excluding hydrogens is 446 g/mol. The number of amides is 1. The molecule has 0 aliphatic carbocycles. The highest BCUT2D eigenvalue weighted by atomic mass is 32.2. The monoisotopic (exact) mass is 465 g/mol. The highest BCUT2D eigenvalue weighted by Gasteiger charge is 2.25. The van der Waals surface area contributed by atoms with E-state index in [9.17, 15) is 13.2 Å². The molecule has 1 aliphatic heterocycles. The fourth-order valence-electron chi connectivity index (χ4n) is 3.74. The van der Waals surface area contributed by atoms with Crippen LogP contribution in [0.15, 0.2) is 71.6 Å². The molecule has 0 radical (unpaired) electrons. The molecule has 2 heterocycles. The van der Waals surface area contributed by atoms with E-state index in [4.69, 9.17) is 4.74 Å². The van der Waals surface area contributed by atoms with E-state index in [1.807, 2.05) is 24.3 Å². The zero-order valence-corrected chi connectivity index (χ0v) is 18.7. The summed E-state index contributed by atoms with van der Waals surface area (Å²) in [7, 11) is -2.27. The van der Waals surface area contributed by atoms with Crippen LogP contribution < -0.4 is 14.4 Å². The second kappa shape index (κ2) is 7.92. The minimum Gasteiger partial charge on any atom is -0.497 e. The van der Waals surface area contributed by atoms with Crippen LogP contribution in [0.4, 0.5) is 10.8 Å². The van der Waals surface area contributed by atoms with E-state index in [0.717, 1.165) is 22.4 Å². The van der Waals surface area contributed by atoms with Crippen molar-refractivity contribution in [2.75, 3.05) is 23.3 Å². The van der Waals surface area contributed by atoms with Gasteiger partial charge in [0.2, 0.25) is 0 Å². The van der Waals surface area contributed by atoms with Crippen molar-refractivity contribution in [3.63, 3.8) is 0 Å². The van der Waals surface area contributed by atoms with Gasteiger partial charge in [-0.3, -0.25) is 9.52 Å². The molecule has 32 heavy (non-hydrogen) atoms. The Bertz CT molecular complexity index is 1430. The van der Waals surface area contributed by atoms with E-state index in [1.54, 1.807) is 35.2 Å². The van der Waals surface area contributed by atoms with Crippen molar-refractivity contribution in [3.8, 4) is 5.75 Å². The van der Waals surface area contributed by atoms with Gasteiger partial charge < -0.3 is 9.64 Å². The summed E-state index contributed by atoms with van der Waals surface area (Å²) >= 11 is 1.19. The van der Waals surface area contributed by atoms with Crippen LogP contribution in [0.25, 0.3) is 10.2 Å². The van der Waals surface area contributed by atoms with Crippen LogP contribution in [0, 0.1) is 0 Å². The number of hydrogen-bond acceptors (Lipinski definition) is 6. The third-order valence-corrected chi connectivity index (χ3v) is 7.78. The quantitative estimate of drug-likeness (QED) is 0.475. The normalized spacial score (nSPS) is 13.2. The van der Waals surface area contributed by atoms with Crippen LogP contribution in [0.3, 0.4) is 0 Å². The zero-order valence-electron chi connectivity index (χ0n) is 17.1. The van der Waals surface area contributed by atoms with E-state index < -0.39 is 10.0 Å². The van der Waals surface area contributed by atoms with Gasteiger partial charge in [-0.1, -0.05) is 29.5 Å². The van der Waals surface area contributed by atoms with Crippen LogP contribution in [-0.2, 0) is 16.4 Å². The summed E-state index contributed by atoms with van der Waals surface area (Å²) in [6.45, 7) is 0.645. The van der Waals surface area contributed by atoms with Gasteiger partial charge in [0, 0.05) is 17.8 Å². The molecule has 5 rings (SSSR count). The van der Waals surface area contributed by atoms with E-state index >= 15 is 0 Å². The maximum atomic E-state index is 13.1. The molecule has 0 bridgehead atoms. The summed E-state index contributed by atoms with van der Waals surface area (Å²) in [6.07, 6.45) is 0.835. The Hall–Kier alpha value is -3.43. The molecular formula is C23H19N3O4S2. The van der Waals surface area contributed by atoms with Crippen LogP contribution in [0.1, 0.15) is 15.9 Å². The van der Waals surface area contributed by atoms with Gasteiger partial charge >= 0.3 is 0 Å². The predicted molar refractivity (Wildman–Crippen MR) is 125 cm³/mol. The first-order valence-corrected chi connectivity index (χ1v) is 12.2. The summed E-state index contributed by atoms with van der Waals surface area (Å²) in [6, 6.07) is 19.2. The Balaban J connectivity index is 1.40. The molecule has 4 aromatic rings. The molecule has 0 spiro atoms. The number of thiazole rings is 1. The molecule has 1 aromatic heterocycles. The number of nitrogens with zero attached hydrogens (tertiary/aromatic N) is 2. The highest BCUT2D eigenvalue weighted by molar-refractivity contribution is 7.93. The van der Waals surface area contributed by atoms with Gasteiger partial charge in [0.25, 0.3) is 15.9 Å². The van der Waals surface area contributed by atoms with Crippen LogP contribution in [0.2, 0.25) is 0 Å². The minimum atomic E-state index is -3.79. The van der Waals surface area contributed by atoms with Crippen molar-refractivity contribution in [2.45, 2.75) is 11.3 Å². The van der Waals surface area contributed by atoms with Gasteiger partial charge in [-0.05, 0) is 60.5 Å². The lowest BCUT2D eigenvalue weighted by Crippen LogP contribution is -2.28. The molecule has 0 saturated heterocycles. The van der Waals surface area contributed by atoms with E-state index in [2.05, 4.69) is 9.71 Å². The molecule has 1 N–H and O–H groups in total. The van der Waals surface area contributed by atoms with E-state index in [0.29, 0.717) is 23.4 Å². The van der Waals surface area contributed by atoms with Crippen molar-refractivity contribution >= 4 is 48.3 Å². The van der Waals surface area contributed by atoms with Gasteiger partial charge in [-0.2, -0.15) is 0 Å². The van der Waals surface area contributed by atoms with E-state index in [-0.39, 0.29) is 15.9 Å². The molecule has 0 atom stereocenters. The van der Waals surface area contributed by atoms with Gasteiger partial charge in [0.1, 0.15) is 5.75 Å². The standard InChI is InChI=1S/C23H19N3O4S2/c1-30-17-7-9-18(10-8-17)32(28,29)25-23-24-19-11-6-16(14-21(19)31-23)22(27)26-13-12-15-4-2-3-5-20(15)26/h2-11,14H,12-13H2,1H3,(H,24,25). The number of fused-ring (bicyclic) bond motifs is 2. The molecule has 9 heteroatoms. The number of para-hydroxylation sites is 1. The number of anilines is 2. The van der Waals surface area contributed by atoms with Gasteiger partial charge in [-0.25, -0.2) is 13.4 Å². The molecule has 3 aromatic carbocycles. The third-order valence-electron chi connectivity index (χ3n) is 5.36. The maximum Gasteiger partial charge on any atom is 0.263 e. The first-order valence-electron chi connectivity index (χ1n) is 9.92.